The van der Waals surface area contributed by atoms with Crippen LogP contribution < -0.4 is 5.32 Å². The molecule has 100 valence electrons. The summed E-state index contributed by atoms with van der Waals surface area (Å²) < 4.78 is 0. The summed E-state index contributed by atoms with van der Waals surface area (Å²) in [6, 6.07) is 8.20. The lowest BCUT2D eigenvalue weighted by molar-refractivity contribution is -0.143. The highest BCUT2D eigenvalue weighted by atomic mass is 16.4. The Balaban J connectivity index is 1.72. The number of para-hydroxylation sites is 1. The molecule has 1 aromatic carbocycles. The number of hydrogen-bond acceptors (Lipinski definition) is 2. The number of hydrogen-bond donors (Lipinski definition) is 3. The first-order chi connectivity index (χ1) is 9.12. The second kappa shape index (κ2) is 4.38. The Hall–Kier alpha value is -1.81. The SMILES string of the molecule is Cc1[nH]c2ccccc2c1CNCC1(C(=O)O)CC1. The molecule has 0 aliphatic heterocycles. The Morgan fingerprint density at radius 3 is 2.84 bits per heavy atom. The Bertz CT molecular complexity index is 626. The van der Waals surface area contributed by atoms with Gasteiger partial charge in [-0.05, 0) is 31.4 Å². The van der Waals surface area contributed by atoms with E-state index in [1.54, 1.807) is 0 Å². The molecule has 0 radical (unpaired) electrons. The van der Waals surface area contributed by atoms with Gasteiger partial charge >= 0.3 is 5.97 Å². The van der Waals surface area contributed by atoms with Gasteiger partial charge in [0.15, 0.2) is 0 Å². The number of fused-ring (bicyclic) bond motifs is 1. The fourth-order valence-corrected chi connectivity index (χ4v) is 2.61. The average Bonchev–Trinajstić information content (AvgIpc) is 3.10. The van der Waals surface area contributed by atoms with Crippen molar-refractivity contribution in [3.8, 4) is 0 Å². The van der Waals surface area contributed by atoms with Crippen LogP contribution in [0.2, 0.25) is 0 Å². The van der Waals surface area contributed by atoms with E-state index in [1.807, 2.05) is 12.1 Å². The first kappa shape index (κ1) is 12.2. The third-order valence-electron chi connectivity index (χ3n) is 4.10. The number of nitrogens with one attached hydrogen (secondary N) is 2. The molecule has 1 fully saturated rings. The first-order valence-electron chi connectivity index (χ1n) is 6.63. The monoisotopic (exact) mass is 258 g/mol. The van der Waals surface area contributed by atoms with E-state index in [-0.39, 0.29) is 0 Å². The molecular formula is C15H18N2O2. The van der Waals surface area contributed by atoms with Crippen LogP contribution >= 0.6 is 0 Å². The molecule has 1 heterocycles. The third-order valence-corrected chi connectivity index (χ3v) is 4.10. The summed E-state index contributed by atoms with van der Waals surface area (Å²) in [6.07, 6.45) is 1.59. The van der Waals surface area contributed by atoms with E-state index in [4.69, 9.17) is 5.11 Å². The van der Waals surface area contributed by atoms with E-state index < -0.39 is 11.4 Å². The van der Waals surface area contributed by atoms with Crippen LogP contribution in [0.5, 0.6) is 0 Å². The van der Waals surface area contributed by atoms with E-state index in [1.165, 1.54) is 10.9 Å². The number of carbonyl (C=O) groups is 1. The molecule has 0 saturated heterocycles. The van der Waals surface area contributed by atoms with E-state index >= 15 is 0 Å². The predicted molar refractivity (Wildman–Crippen MR) is 74.0 cm³/mol. The zero-order valence-corrected chi connectivity index (χ0v) is 11.0. The van der Waals surface area contributed by atoms with Crippen LogP contribution in [0.1, 0.15) is 24.1 Å². The fourth-order valence-electron chi connectivity index (χ4n) is 2.61. The smallest absolute Gasteiger partial charge is 0.310 e. The molecule has 0 spiro atoms. The maximum Gasteiger partial charge on any atom is 0.310 e. The first-order valence-corrected chi connectivity index (χ1v) is 6.63. The van der Waals surface area contributed by atoms with Crippen LogP contribution in [0.25, 0.3) is 10.9 Å². The van der Waals surface area contributed by atoms with Crippen molar-refractivity contribution in [2.24, 2.45) is 5.41 Å². The molecule has 1 aliphatic rings. The number of aliphatic carboxylic acids is 1. The van der Waals surface area contributed by atoms with Gasteiger partial charge in [-0.25, -0.2) is 0 Å². The van der Waals surface area contributed by atoms with Crippen molar-refractivity contribution in [3.63, 3.8) is 0 Å². The molecule has 1 aliphatic carbocycles. The van der Waals surface area contributed by atoms with Crippen molar-refractivity contribution in [1.29, 1.82) is 0 Å². The Morgan fingerprint density at radius 1 is 1.42 bits per heavy atom. The summed E-state index contributed by atoms with van der Waals surface area (Å²) in [5.74, 6) is -0.671. The van der Waals surface area contributed by atoms with E-state index in [0.29, 0.717) is 13.1 Å². The molecule has 1 saturated carbocycles. The molecule has 0 bridgehead atoms. The van der Waals surface area contributed by atoms with Gasteiger partial charge in [0.1, 0.15) is 0 Å². The van der Waals surface area contributed by atoms with Crippen molar-refractivity contribution in [2.45, 2.75) is 26.3 Å². The van der Waals surface area contributed by atoms with Crippen LogP contribution in [0.4, 0.5) is 0 Å². The largest absolute Gasteiger partial charge is 0.481 e. The fraction of sp³-hybridized carbons (Fsp3) is 0.400. The minimum atomic E-state index is -0.671. The van der Waals surface area contributed by atoms with Crippen molar-refractivity contribution < 1.29 is 9.90 Å². The number of aryl methyl sites for hydroxylation is 1. The van der Waals surface area contributed by atoms with Gasteiger partial charge in [-0.3, -0.25) is 4.79 Å². The molecule has 19 heavy (non-hydrogen) atoms. The summed E-state index contributed by atoms with van der Waals surface area (Å²) in [6.45, 7) is 3.33. The number of H-pyrrole nitrogens is 1. The Kier molecular flexibility index (Phi) is 2.82. The van der Waals surface area contributed by atoms with Crippen LogP contribution in [-0.4, -0.2) is 22.6 Å². The molecule has 0 atom stereocenters. The van der Waals surface area contributed by atoms with Gasteiger partial charge in [0.2, 0.25) is 0 Å². The molecular weight excluding hydrogens is 240 g/mol. The summed E-state index contributed by atoms with van der Waals surface area (Å²) in [5.41, 5.74) is 3.02. The number of rotatable bonds is 5. The second-order valence-corrected chi connectivity index (χ2v) is 5.46. The van der Waals surface area contributed by atoms with Gasteiger partial charge in [0, 0.05) is 29.7 Å². The third kappa shape index (κ3) is 2.12. The zero-order valence-electron chi connectivity index (χ0n) is 11.0. The summed E-state index contributed by atoms with van der Waals surface area (Å²) in [4.78, 5) is 14.5. The van der Waals surface area contributed by atoms with Crippen LogP contribution in [0.15, 0.2) is 24.3 Å². The van der Waals surface area contributed by atoms with Crippen molar-refractivity contribution in [3.05, 3.63) is 35.5 Å². The predicted octanol–water partition coefficient (Wildman–Crippen LogP) is 2.43. The highest BCUT2D eigenvalue weighted by Crippen LogP contribution is 2.45. The minimum Gasteiger partial charge on any atom is -0.481 e. The van der Waals surface area contributed by atoms with Gasteiger partial charge in [-0.1, -0.05) is 18.2 Å². The summed E-state index contributed by atoms with van der Waals surface area (Å²) in [7, 11) is 0. The lowest BCUT2D eigenvalue weighted by atomic mass is 10.1. The Labute approximate surface area is 111 Å². The number of carboxylic acids is 1. The minimum absolute atomic E-state index is 0.500. The van der Waals surface area contributed by atoms with Crippen LogP contribution in [0.3, 0.4) is 0 Å². The molecule has 1 aromatic heterocycles. The average molecular weight is 258 g/mol. The van der Waals surface area contributed by atoms with Crippen molar-refractivity contribution >= 4 is 16.9 Å². The highest BCUT2D eigenvalue weighted by Gasteiger charge is 2.49. The zero-order chi connectivity index (χ0) is 13.5. The maximum atomic E-state index is 11.1. The number of aromatic amines is 1. The number of aromatic nitrogens is 1. The van der Waals surface area contributed by atoms with Crippen LogP contribution in [0, 0.1) is 12.3 Å². The lowest BCUT2D eigenvalue weighted by Gasteiger charge is -2.11. The molecule has 3 N–H and O–H groups in total. The quantitative estimate of drug-likeness (QED) is 0.771. The normalized spacial score (nSPS) is 16.7. The number of carboxylic acid groups (broad SMARTS) is 1. The van der Waals surface area contributed by atoms with Crippen molar-refractivity contribution in [1.82, 2.24) is 10.3 Å². The Morgan fingerprint density at radius 2 is 2.16 bits per heavy atom. The van der Waals surface area contributed by atoms with Crippen molar-refractivity contribution in [2.75, 3.05) is 6.54 Å². The molecule has 4 heteroatoms. The van der Waals surface area contributed by atoms with Gasteiger partial charge in [-0.2, -0.15) is 0 Å². The summed E-state index contributed by atoms with van der Waals surface area (Å²) in [5, 5.41) is 13.7. The number of benzene rings is 1. The van der Waals surface area contributed by atoms with E-state index in [9.17, 15) is 4.79 Å². The van der Waals surface area contributed by atoms with Gasteiger partial charge in [0.25, 0.3) is 0 Å². The molecule has 3 rings (SSSR count). The highest BCUT2D eigenvalue weighted by molar-refractivity contribution is 5.84. The van der Waals surface area contributed by atoms with E-state index in [2.05, 4.69) is 29.4 Å². The van der Waals surface area contributed by atoms with Gasteiger partial charge in [-0.15, -0.1) is 0 Å². The van der Waals surface area contributed by atoms with E-state index in [0.717, 1.165) is 24.1 Å². The lowest BCUT2D eigenvalue weighted by Crippen LogP contribution is -2.29. The molecule has 0 unspecified atom stereocenters. The second-order valence-electron chi connectivity index (χ2n) is 5.46. The van der Waals surface area contributed by atoms with Crippen LogP contribution in [-0.2, 0) is 11.3 Å². The summed E-state index contributed by atoms with van der Waals surface area (Å²) >= 11 is 0. The molecule has 4 nitrogen and oxygen atoms in total. The van der Waals surface area contributed by atoms with Gasteiger partial charge in [0.05, 0.1) is 5.41 Å². The molecule has 0 amide bonds. The standard InChI is InChI=1S/C15H18N2O2/c1-10-12(11-4-2-3-5-13(11)17-10)8-16-9-15(6-7-15)14(18)19/h2-5,16-17H,6-9H2,1H3,(H,18,19). The maximum absolute atomic E-state index is 11.1. The topological polar surface area (TPSA) is 65.1 Å². The molecule has 2 aromatic rings. The van der Waals surface area contributed by atoms with Gasteiger partial charge < -0.3 is 15.4 Å².